The molecule has 0 radical (unpaired) electrons. The number of hydrogen-bond donors (Lipinski definition) is 2. The lowest BCUT2D eigenvalue weighted by Crippen LogP contribution is -2.08. The van der Waals surface area contributed by atoms with Crippen molar-refractivity contribution >= 4 is 17.5 Å². The number of anilines is 1. The standard InChI is InChI=1S/C13H14N4O4/c1-16-8-11(17(20)21)12(15-16)14-6-5-9-3-2-4-10(7-9)13(18)19/h2-4,7-8H,5-6H2,1H3,(H,14,15)(H,18,19). The second kappa shape index (κ2) is 6.04. The summed E-state index contributed by atoms with van der Waals surface area (Å²) in [5, 5.41) is 26.6. The molecule has 0 bridgehead atoms. The molecule has 0 aliphatic rings. The Bertz CT molecular complexity index is 681. The SMILES string of the molecule is Cn1cc([N+](=O)[O-])c(NCCc2cccc(C(=O)O)c2)n1. The number of hydrogen-bond acceptors (Lipinski definition) is 5. The van der Waals surface area contributed by atoms with Gasteiger partial charge in [-0.25, -0.2) is 4.79 Å². The highest BCUT2D eigenvalue weighted by molar-refractivity contribution is 5.87. The molecule has 0 unspecified atom stereocenters. The van der Waals surface area contributed by atoms with Crippen molar-refractivity contribution < 1.29 is 14.8 Å². The molecule has 0 saturated carbocycles. The van der Waals surface area contributed by atoms with Gasteiger partial charge in [0.15, 0.2) is 0 Å². The number of nitro groups is 1. The van der Waals surface area contributed by atoms with Crippen LogP contribution in [0.2, 0.25) is 0 Å². The zero-order chi connectivity index (χ0) is 15.4. The molecule has 110 valence electrons. The Morgan fingerprint density at radius 2 is 2.29 bits per heavy atom. The molecule has 1 aromatic carbocycles. The van der Waals surface area contributed by atoms with E-state index in [1.807, 2.05) is 0 Å². The summed E-state index contributed by atoms with van der Waals surface area (Å²) in [4.78, 5) is 21.2. The average Bonchev–Trinajstić information content (AvgIpc) is 2.80. The highest BCUT2D eigenvalue weighted by atomic mass is 16.6. The van der Waals surface area contributed by atoms with Gasteiger partial charge in [0.2, 0.25) is 5.82 Å². The largest absolute Gasteiger partial charge is 0.478 e. The molecule has 0 saturated heterocycles. The summed E-state index contributed by atoms with van der Waals surface area (Å²) in [7, 11) is 1.61. The van der Waals surface area contributed by atoms with E-state index in [1.165, 1.54) is 16.9 Å². The predicted octanol–water partition coefficient (Wildman–Crippen LogP) is 1.68. The van der Waals surface area contributed by atoms with E-state index in [2.05, 4.69) is 10.4 Å². The van der Waals surface area contributed by atoms with Gasteiger partial charge in [-0.2, -0.15) is 0 Å². The summed E-state index contributed by atoms with van der Waals surface area (Å²) >= 11 is 0. The molecular formula is C13H14N4O4. The van der Waals surface area contributed by atoms with Crippen LogP contribution >= 0.6 is 0 Å². The lowest BCUT2D eigenvalue weighted by Gasteiger charge is -2.04. The second-order valence-electron chi connectivity index (χ2n) is 4.48. The van der Waals surface area contributed by atoms with Crippen LogP contribution < -0.4 is 5.32 Å². The molecule has 0 aliphatic carbocycles. The van der Waals surface area contributed by atoms with Gasteiger partial charge in [0.05, 0.1) is 10.5 Å². The van der Waals surface area contributed by atoms with Gasteiger partial charge in [0.1, 0.15) is 6.20 Å². The van der Waals surface area contributed by atoms with E-state index in [-0.39, 0.29) is 17.1 Å². The smallest absolute Gasteiger partial charge is 0.335 e. The van der Waals surface area contributed by atoms with E-state index in [1.54, 1.807) is 25.2 Å². The van der Waals surface area contributed by atoms with Crippen LogP contribution in [0.15, 0.2) is 30.5 Å². The minimum absolute atomic E-state index is 0.0863. The number of nitrogens with zero attached hydrogens (tertiary/aromatic N) is 3. The van der Waals surface area contributed by atoms with Gasteiger partial charge in [-0.05, 0) is 24.1 Å². The van der Waals surface area contributed by atoms with E-state index in [4.69, 9.17) is 5.11 Å². The van der Waals surface area contributed by atoms with Crippen LogP contribution in [-0.4, -0.2) is 32.3 Å². The Morgan fingerprint density at radius 1 is 1.52 bits per heavy atom. The molecule has 2 N–H and O–H groups in total. The van der Waals surface area contributed by atoms with Crippen molar-refractivity contribution in [1.82, 2.24) is 9.78 Å². The zero-order valence-electron chi connectivity index (χ0n) is 11.3. The number of rotatable bonds is 6. The first-order valence-electron chi connectivity index (χ1n) is 6.21. The summed E-state index contributed by atoms with van der Waals surface area (Å²) < 4.78 is 1.37. The van der Waals surface area contributed by atoms with Gasteiger partial charge in [0.25, 0.3) is 0 Å². The number of carboxylic acids is 1. The van der Waals surface area contributed by atoms with Crippen LogP contribution in [0.1, 0.15) is 15.9 Å². The highest BCUT2D eigenvalue weighted by Crippen LogP contribution is 2.21. The first-order valence-corrected chi connectivity index (χ1v) is 6.21. The van der Waals surface area contributed by atoms with Crippen LogP contribution in [0.4, 0.5) is 11.5 Å². The first kappa shape index (κ1) is 14.5. The molecule has 21 heavy (non-hydrogen) atoms. The van der Waals surface area contributed by atoms with Crippen molar-refractivity contribution in [2.24, 2.45) is 7.05 Å². The third-order valence-corrected chi connectivity index (χ3v) is 2.89. The van der Waals surface area contributed by atoms with E-state index in [0.717, 1.165) is 5.56 Å². The van der Waals surface area contributed by atoms with E-state index in [0.29, 0.717) is 13.0 Å². The van der Waals surface area contributed by atoms with Crippen LogP contribution in [0.25, 0.3) is 0 Å². The molecule has 8 heteroatoms. The number of carboxylic acid groups (broad SMARTS) is 1. The molecule has 0 atom stereocenters. The summed E-state index contributed by atoms with van der Waals surface area (Å²) in [5.41, 5.74) is 0.967. The van der Waals surface area contributed by atoms with E-state index in [9.17, 15) is 14.9 Å². The number of aryl methyl sites for hydroxylation is 1. The number of benzene rings is 1. The van der Waals surface area contributed by atoms with Crippen molar-refractivity contribution in [3.05, 3.63) is 51.7 Å². The second-order valence-corrected chi connectivity index (χ2v) is 4.48. The molecule has 2 rings (SSSR count). The quantitative estimate of drug-likeness (QED) is 0.618. The van der Waals surface area contributed by atoms with Crippen molar-refractivity contribution in [3.63, 3.8) is 0 Å². The molecule has 0 amide bonds. The number of aromatic carboxylic acids is 1. The minimum atomic E-state index is -0.981. The Balaban J connectivity index is 2.00. The van der Waals surface area contributed by atoms with Crippen molar-refractivity contribution in [1.29, 1.82) is 0 Å². The topological polar surface area (TPSA) is 110 Å². The third kappa shape index (κ3) is 3.56. The average molecular weight is 290 g/mol. The summed E-state index contributed by atoms with van der Waals surface area (Å²) in [6.07, 6.45) is 1.86. The maximum absolute atomic E-state index is 10.9. The van der Waals surface area contributed by atoms with Gasteiger partial charge >= 0.3 is 11.7 Å². The lowest BCUT2D eigenvalue weighted by atomic mass is 10.1. The fraction of sp³-hybridized carbons (Fsp3) is 0.231. The number of nitrogens with one attached hydrogen (secondary N) is 1. The molecule has 0 aliphatic heterocycles. The fourth-order valence-electron chi connectivity index (χ4n) is 1.92. The Hall–Kier alpha value is -2.90. The first-order chi connectivity index (χ1) is 9.97. The minimum Gasteiger partial charge on any atom is -0.478 e. The van der Waals surface area contributed by atoms with Crippen LogP contribution in [0, 0.1) is 10.1 Å². The normalized spacial score (nSPS) is 10.3. The molecular weight excluding hydrogens is 276 g/mol. The van der Waals surface area contributed by atoms with Crippen molar-refractivity contribution in [3.8, 4) is 0 Å². The lowest BCUT2D eigenvalue weighted by molar-refractivity contribution is -0.384. The molecule has 1 aromatic heterocycles. The summed E-state index contributed by atoms with van der Waals surface area (Å²) in [5.74, 6) is -0.776. The van der Waals surface area contributed by atoms with Gasteiger partial charge in [0, 0.05) is 13.6 Å². The number of carbonyl (C=O) groups is 1. The monoisotopic (exact) mass is 290 g/mol. The highest BCUT2D eigenvalue weighted by Gasteiger charge is 2.17. The van der Waals surface area contributed by atoms with E-state index < -0.39 is 10.9 Å². The number of aromatic nitrogens is 2. The van der Waals surface area contributed by atoms with Gasteiger partial charge < -0.3 is 10.4 Å². The van der Waals surface area contributed by atoms with Crippen LogP contribution in [0.3, 0.4) is 0 Å². The molecule has 8 nitrogen and oxygen atoms in total. The predicted molar refractivity (Wildman–Crippen MR) is 75.5 cm³/mol. The van der Waals surface area contributed by atoms with Crippen LogP contribution in [0.5, 0.6) is 0 Å². The van der Waals surface area contributed by atoms with Gasteiger partial charge in [-0.15, -0.1) is 5.10 Å². The molecule has 0 spiro atoms. The fourth-order valence-corrected chi connectivity index (χ4v) is 1.92. The molecule has 1 heterocycles. The third-order valence-electron chi connectivity index (χ3n) is 2.89. The Kier molecular flexibility index (Phi) is 4.17. The zero-order valence-corrected chi connectivity index (χ0v) is 11.3. The summed E-state index contributed by atoms with van der Waals surface area (Å²) in [6, 6.07) is 6.57. The maximum atomic E-state index is 10.9. The van der Waals surface area contributed by atoms with Gasteiger partial charge in [-0.3, -0.25) is 14.8 Å². The maximum Gasteiger partial charge on any atom is 0.335 e. The van der Waals surface area contributed by atoms with Crippen LogP contribution in [-0.2, 0) is 13.5 Å². The summed E-state index contributed by atoms with van der Waals surface area (Å²) in [6.45, 7) is 0.418. The van der Waals surface area contributed by atoms with E-state index >= 15 is 0 Å². The Labute approximate surface area is 120 Å². The molecule has 2 aromatic rings. The Morgan fingerprint density at radius 3 is 2.95 bits per heavy atom. The van der Waals surface area contributed by atoms with Gasteiger partial charge in [-0.1, -0.05) is 12.1 Å². The molecule has 0 fully saturated rings. The van der Waals surface area contributed by atoms with Crippen molar-refractivity contribution in [2.45, 2.75) is 6.42 Å². The van der Waals surface area contributed by atoms with Crippen molar-refractivity contribution in [2.75, 3.05) is 11.9 Å².